The molecule has 0 atom stereocenters. The van der Waals surface area contributed by atoms with E-state index in [9.17, 15) is 9.59 Å². The molecule has 0 aliphatic carbocycles. The Balaban J connectivity index is 2.31. The topological polar surface area (TPSA) is 84.2 Å². The molecule has 0 saturated carbocycles. The molecule has 6 heteroatoms. The van der Waals surface area contributed by atoms with Gasteiger partial charge in [0, 0.05) is 24.7 Å². The summed E-state index contributed by atoms with van der Waals surface area (Å²) in [7, 11) is 1.59. The summed E-state index contributed by atoms with van der Waals surface area (Å²) in [6, 6.07) is 7.12. The van der Waals surface area contributed by atoms with Crippen molar-refractivity contribution in [3.63, 3.8) is 0 Å². The van der Waals surface area contributed by atoms with Crippen LogP contribution in [0.1, 0.15) is 33.7 Å². The van der Waals surface area contributed by atoms with Crippen LogP contribution in [0.15, 0.2) is 24.3 Å². The molecule has 0 radical (unpaired) electrons. The monoisotopic (exact) mass is 301 g/mol. The first-order valence-electron chi connectivity index (χ1n) is 7.03. The van der Waals surface area contributed by atoms with E-state index in [2.05, 4.69) is 10.4 Å². The van der Waals surface area contributed by atoms with Crippen molar-refractivity contribution >= 4 is 11.9 Å². The predicted octanol–water partition coefficient (Wildman–Crippen LogP) is 1.87. The molecular weight excluding hydrogens is 282 g/mol. The average molecular weight is 301 g/mol. The molecule has 0 aliphatic heterocycles. The Labute approximate surface area is 128 Å². The number of aryl methyl sites for hydroxylation is 1. The summed E-state index contributed by atoms with van der Waals surface area (Å²) in [6.45, 7) is 3.80. The van der Waals surface area contributed by atoms with Crippen molar-refractivity contribution in [3.05, 3.63) is 46.8 Å². The van der Waals surface area contributed by atoms with Crippen LogP contribution in [0.3, 0.4) is 0 Å². The van der Waals surface area contributed by atoms with Crippen molar-refractivity contribution in [2.24, 2.45) is 0 Å². The summed E-state index contributed by atoms with van der Waals surface area (Å²) >= 11 is 0. The number of amides is 1. The van der Waals surface area contributed by atoms with Crippen LogP contribution in [0, 0.1) is 13.8 Å². The number of aromatic nitrogens is 2. The third-order valence-corrected chi connectivity index (χ3v) is 3.63. The van der Waals surface area contributed by atoms with Gasteiger partial charge in [-0.05, 0) is 50.1 Å². The Morgan fingerprint density at radius 2 is 1.86 bits per heavy atom. The maximum absolute atomic E-state index is 11.5. The zero-order chi connectivity index (χ0) is 16.3. The zero-order valence-corrected chi connectivity index (χ0v) is 12.9. The summed E-state index contributed by atoms with van der Waals surface area (Å²) in [5.74, 6) is -0.955. The number of hydrogen-bond acceptors (Lipinski definition) is 3. The standard InChI is InChI=1S/C16H19N3O3/c1-10-14(8-9-15(20)21)11(2)19(18-10)13-6-4-12(5-7-13)16(22)17-3/h4-7H,8-9H2,1-3H3,(H,17,22)(H,20,21). The van der Waals surface area contributed by atoms with Crippen LogP contribution in [0.2, 0.25) is 0 Å². The van der Waals surface area contributed by atoms with Gasteiger partial charge in [0.05, 0.1) is 11.4 Å². The van der Waals surface area contributed by atoms with Gasteiger partial charge in [0.1, 0.15) is 0 Å². The normalized spacial score (nSPS) is 10.5. The van der Waals surface area contributed by atoms with Gasteiger partial charge in [-0.15, -0.1) is 0 Å². The summed E-state index contributed by atoms with van der Waals surface area (Å²) in [6.07, 6.45) is 0.548. The maximum Gasteiger partial charge on any atom is 0.303 e. The second kappa shape index (κ2) is 6.43. The number of aliphatic carboxylic acids is 1. The highest BCUT2D eigenvalue weighted by atomic mass is 16.4. The number of carbonyl (C=O) groups is 2. The molecule has 1 aromatic carbocycles. The summed E-state index contributed by atoms with van der Waals surface area (Å²) < 4.78 is 1.78. The van der Waals surface area contributed by atoms with Crippen LogP contribution in [0.4, 0.5) is 0 Å². The molecule has 1 amide bonds. The average Bonchev–Trinajstić information content (AvgIpc) is 2.79. The first-order chi connectivity index (χ1) is 10.4. The number of benzene rings is 1. The third-order valence-electron chi connectivity index (χ3n) is 3.63. The van der Waals surface area contributed by atoms with Crippen molar-refractivity contribution < 1.29 is 14.7 Å². The fraction of sp³-hybridized carbons (Fsp3) is 0.312. The van der Waals surface area contributed by atoms with Crippen molar-refractivity contribution in [2.45, 2.75) is 26.7 Å². The number of nitrogens with zero attached hydrogens (tertiary/aromatic N) is 2. The second-order valence-corrected chi connectivity index (χ2v) is 5.08. The lowest BCUT2D eigenvalue weighted by molar-refractivity contribution is -0.136. The van der Waals surface area contributed by atoms with E-state index in [-0.39, 0.29) is 12.3 Å². The van der Waals surface area contributed by atoms with Gasteiger partial charge in [-0.25, -0.2) is 4.68 Å². The fourth-order valence-corrected chi connectivity index (χ4v) is 2.42. The largest absolute Gasteiger partial charge is 0.481 e. The van der Waals surface area contributed by atoms with Crippen LogP contribution in [-0.4, -0.2) is 33.8 Å². The third kappa shape index (κ3) is 3.16. The Kier molecular flexibility index (Phi) is 4.60. The molecule has 0 fully saturated rings. The molecular formula is C16H19N3O3. The SMILES string of the molecule is CNC(=O)c1ccc(-n2nc(C)c(CCC(=O)O)c2C)cc1. The molecule has 2 aromatic rings. The lowest BCUT2D eigenvalue weighted by Gasteiger charge is -2.06. The molecule has 1 heterocycles. The van der Waals surface area contributed by atoms with Crippen molar-refractivity contribution in [1.82, 2.24) is 15.1 Å². The van der Waals surface area contributed by atoms with Gasteiger partial charge in [-0.2, -0.15) is 5.10 Å². The van der Waals surface area contributed by atoms with E-state index >= 15 is 0 Å². The first kappa shape index (κ1) is 15.8. The van der Waals surface area contributed by atoms with E-state index in [4.69, 9.17) is 5.11 Å². The lowest BCUT2D eigenvalue weighted by Crippen LogP contribution is -2.17. The Bertz CT molecular complexity index is 702. The highest BCUT2D eigenvalue weighted by molar-refractivity contribution is 5.94. The Morgan fingerprint density at radius 1 is 1.23 bits per heavy atom. The number of carboxylic acid groups (broad SMARTS) is 1. The fourth-order valence-electron chi connectivity index (χ4n) is 2.42. The number of rotatable bonds is 5. The van der Waals surface area contributed by atoms with Gasteiger partial charge in [0.25, 0.3) is 5.91 Å². The van der Waals surface area contributed by atoms with Gasteiger partial charge in [-0.1, -0.05) is 0 Å². The highest BCUT2D eigenvalue weighted by Crippen LogP contribution is 2.19. The number of nitrogens with one attached hydrogen (secondary N) is 1. The molecule has 6 nitrogen and oxygen atoms in total. The molecule has 2 rings (SSSR count). The molecule has 116 valence electrons. The molecule has 2 N–H and O–H groups in total. The summed E-state index contributed by atoms with van der Waals surface area (Å²) in [4.78, 5) is 22.3. The number of carboxylic acids is 1. The van der Waals surface area contributed by atoms with E-state index < -0.39 is 5.97 Å². The predicted molar refractivity (Wildman–Crippen MR) is 82.4 cm³/mol. The molecule has 0 spiro atoms. The highest BCUT2D eigenvalue weighted by Gasteiger charge is 2.14. The quantitative estimate of drug-likeness (QED) is 0.883. The first-order valence-corrected chi connectivity index (χ1v) is 7.03. The Hall–Kier alpha value is -2.63. The summed E-state index contributed by atoms with van der Waals surface area (Å²) in [5.41, 5.74) is 4.13. The van der Waals surface area contributed by atoms with Crippen LogP contribution < -0.4 is 5.32 Å². The minimum atomic E-state index is -0.818. The molecule has 22 heavy (non-hydrogen) atoms. The van der Waals surface area contributed by atoms with Crippen LogP contribution in [0.5, 0.6) is 0 Å². The smallest absolute Gasteiger partial charge is 0.303 e. The van der Waals surface area contributed by atoms with E-state index in [0.29, 0.717) is 12.0 Å². The minimum Gasteiger partial charge on any atom is -0.481 e. The van der Waals surface area contributed by atoms with Gasteiger partial charge < -0.3 is 10.4 Å². The molecule has 0 aliphatic rings. The number of carbonyl (C=O) groups excluding carboxylic acids is 1. The minimum absolute atomic E-state index is 0.0863. The van der Waals surface area contributed by atoms with E-state index in [1.54, 1.807) is 23.9 Å². The van der Waals surface area contributed by atoms with Crippen LogP contribution in [0.25, 0.3) is 5.69 Å². The van der Waals surface area contributed by atoms with Crippen molar-refractivity contribution in [2.75, 3.05) is 7.05 Å². The Morgan fingerprint density at radius 3 is 2.41 bits per heavy atom. The molecule has 0 unspecified atom stereocenters. The van der Waals surface area contributed by atoms with Gasteiger partial charge in [0.2, 0.25) is 0 Å². The zero-order valence-electron chi connectivity index (χ0n) is 12.9. The van der Waals surface area contributed by atoms with E-state index in [0.717, 1.165) is 22.6 Å². The molecule has 0 saturated heterocycles. The number of hydrogen-bond donors (Lipinski definition) is 2. The van der Waals surface area contributed by atoms with E-state index in [1.807, 2.05) is 26.0 Å². The van der Waals surface area contributed by atoms with Crippen molar-refractivity contribution in [3.8, 4) is 5.69 Å². The molecule has 0 bridgehead atoms. The van der Waals surface area contributed by atoms with Gasteiger partial charge in [-0.3, -0.25) is 9.59 Å². The van der Waals surface area contributed by atoms with Gasteiger partial charge in [0.15, 0.2) is 0 Å². The van der Waals surface area contributed by atoms with Crippen LogP contribution in [-0.2, 0) is 11.2 Å². The van der Waals surface area contributed by atoms with Crippen molar-refractivity contribution in [1.29, 1.82) is 0 Å². The maximum atomic E-state index is 11.5. The van der Waals surface area contributed by atoms with Gasteiger partial charge >= 0.3 is 5.97 Å². The van der Waals surface area contributed by atoms with E-state index in [1.165, 1.54) is 0 Å². The lowest BCUT2D eigenvalue weighted by atomic mass is 10.1. The second-order valence-electron chi connectivity index (χ2n) is 5.08. The molecule has 1 aromatic heterocycles. The van der Waals surface area contributed by atoms with Crippen LogP contribution >= 0.6 is 0 Å². The summed E-state index contributed by atoms with van der Waals surface area (Å²) in [5, 5.41) is 15.9.